The Labute approximate surface area is 126 Å². The van der Waals surface area contributed by atoms with Gasteiger partial charge < -0.3 is 9.84 Å². The summed E-state index contributed by atoms with van der Waals surface area (Å²) in [6.45, 7) is 0. The van der Waals surface area contributed by atoms with E-state index in [1.54, 1.807) is 11.3 Å². The Morgan fingerprint density at radius 3 is 3.05 bits per heavy atom. The highest BCUT2D eigenvalue weighted by atomic mass is 32.1. The molecule has 2 unspecified atom stereocenters. The largest absolute Gasteiger partial charge is 0.483 e. The van der Waals surface area contributed by atoms with Crippen LogP contribution in [-0.4, -0.2) is 16.1 Å². The maximum Gasteiger partial charge on any atom is 0.312 e. The van der Waals surface area contributed by atoms with Crippen molar-refractivity contribution in [2.75, 3.05) is 0 Å². The van der Waals surface area contributed by atoms with Crippen LogP contribution in [0.3, 0.4) is 0 Å². The van der Waals surface area contributed by atoms with Gasteiger partial charge in [-0.15, -0.1) is 11.3 Å². The van der Waals surface area contributed by atoms with Crippen molar-refractivity contribution in [3.8, 4) is 5.75 Å². The SMILES string of the molecule is O=C(O)C1CCCc2sc(C3Cc4ccccc4O3)nc21. The number of benzene rings is 1. The Balaban J connectivity index is 1.65. The van der Waals surface area contributed by atoms with Crippen molar-refractivity contribution in [1.29, 1.82) is 0 Å². The van der Waals surface area contributed by atoms with Gasteiger partial charge in [0.25, 0.3) is 0 Å². The number of aromatic nitrogens is 1. The Kier molecular flexibility index (Phi) is 2.96. The fourth-order valence-electron chi connectivity index (χ4n) is 3.14. The zero-order valence-electron chi connectivity index (χ0n) is 11.4. The van der Waals surface area contributed by atoms with Crippen molar-refractivity contribution in [2.24, 2.45) is 0 Å². The molecule has 5 heteroatoms. The third kappa shape index (κ3) is 2.12. The molecule has 1 aromatic heterocycles. The molecular formula is C16H15NO3S. The molecule has 0 fully saturated rings. The summed E-state index contributed by atoms with van der Waals surface area (Å²) in [6.07, 6.45) is 3.32. The molecule has 2 heterocycles. The molecule has 108 valence electrons. The average molecular weight is 301 g/mol. The molecule has 0 radical (unpaired) electrons. The topological polar surface area (TPSA) is 59.4 Å². The minimum absolute atomic E-state index is 0.0626. The van der Waals surface area contributed by atoms with E-state index in [1.807, 2.05) is 18.2 Å². The van der Waals surface area contributed by atoms with Gasteiger partial charge in [0.15, 0.2) is 6.10 Å². The molecular weight excluding hydrogens is 286 g/mol. The summed E-state index contributed by atoms with van der Waals surface area (Å²) in [7, 11) is 0. The molecule has 21 heavy (non-hydrogen) atoms. The van der Waals surface area contributed by atoms with Crippen LogP contribution >= 0.6 is 11.3 Å². The zero-order valence-corrected chi connectivity index (χ0v) is 12.2. The molecule has 0 bridgehead atoms. The molecule has 4 nitrogen and oxygen atoms in total. The van der Waals surface area contributed by atoms with Crippen LogP contribution in [0, 0.1) is 0 Å². The Bertz CT molecular complexity index is 684. The number of fused-ring (bicyclic) bond motifs is 2. The molecule has 2 atom stereocenters. The summed E-state index contributed by atoms with van der Waals surface area (Å²) in [5.74, 6) is -0.281. The summed E-state index contributed by atoms with van der Waals surface area (Å²) >= 11 is 1.62. The number of nitrogens with zero attached hydrogens (tertiary/aromatic N) is 1. The van der Waals surface area contributed by atoms with Gasteiger partial charge in [0, 0.05) is 11.3 Å². The summed E-state index contributed by atoms with van der Waals surface area (Å²) in [5, 5.41) is 10.3. The Morgan fingerprint density at radius 2 is 2.24 bits per heavy atom. The molecule has 2 aromatic rings. The van der Waals surface area contributed by atoms with E-state index in [4.69, 9.17) is 4.74 Å². The van der Waals surface area contributed by atoms with Crippen LogP contribution in [0.15, 0.2) is 24.3 Å². The summed E-state index contributed by atoms with van der Waals surface area (Å²) in [5.41, 5.74) is 1.97. The minimum Gasteiger partial charge on any atom is -0.483 e. The van der Waals surface area contributed by atoms with Gasteiger partial charge in [-0.2, -0.15) is 0 Å². The van der Waals surface area contributed by atoms with E-state index in [2.05, 4.69) is 11.1 Å². The number of carbonyl (C=O) groups is 1. The maximum atomic E-state index is 11.4. The number of hydrogen-bond acceptors (Lipinski definition) is 4. The predicted molar refractivity (Wildman–Crippen MR) is 78.9 cm³/mol. The monoisotopic (exact) mass is 301 g/mol. The van der Waals surface area contributed by atoms with Crippen LogP contribution in [0.5, 0.6) is 5.75 Å². The van der Waals surface area contributed by atoms with Crippen molar-refractivity contribution in [3.63, 3.8) is 0 Å². The van der Waals surface area contributed by atoms with Gasteiger partial charge in [-0.25, -0.2) is 4.98 Å². The number of hydrogen-bond donors (Lipinski definition) is 1. The lowest BCUT2D eigenvalue weighted by atomic mass is 9.91. The first-order valence-electron chi connectivity index (χ1n) is 7.19. The third-order valence-electron chi connectivity index (χ3n) is 4.19. The number of rotatable bonds is 2. The van der Waals surface area contributed by atoms with E-state index in [9.17, 15) is 9.90 Å². The van der Waals surface area contributed by atoms with Crippen LogP contribution in [0.25, 0.3) is 0 Å². The van der Waals surface area contributed by atoms with Crippen LogP contribution in [0.4, 0.5) is 0 Å². The van der Waals surface area contributed by atoms with E-state index < -0.39 is 11.9 Å². The fraction of sp³-hybridized carbons (Fsp3) is 0.375. The van der Waals surface area contributed by atoms with Gasteiger partial charge >= 0.3 is 5.97 Å². The van der Waals surface area contributed by atoms with Gasteiger partial charge in [-0.05, 0) is 30.9 Å². The molecule has 4 rings (SSSR count). The quantitative estimate of drug-likeness (QED) is 0.924. The molecule has 1 N–H and O–H groups in total. The number of aliphatic carboxylic acids is 1. The van der Waals surface area contributed by atoms with E-state index >= 15 is 0 Å². The predicted octanol–water partition coefficient (Wildman–Crippen LogP) is 3.32. The molecule has 1 aromatic carbocycles. The Hall–Kier alpha value is -1.88. The first-order valence-corrected chi connectivity index (χ1v) is 8.01. The van der Waals surface area contributed by atoms with Gasteiger partial charge in [-0.1, -0.05) is 18.2 Å². The lowest BCUT2D eigenvalue weighted by molar-refractivity contribution is -0.139. The van der Waals surface area contributed by atoms with Gasteiger partial charge in [0.05, 0.1) is 11.6 Å². The summed E-state index contributed by atoms with van der Waals surface area (Å²) in [4.78, 5) is 17.1. The second-order valence-corrected chi connectivity index (χ2v) is 6.68. The van der Waals surface area contributed by atoms with Gasteiger partial charge in [0.1, 0.15) is 10.8 Å². The van der Waals surface area contributed by atoms with Crippen molar-refractivity contribution in [1.82, 2.24) is 4.98 Å². The standard InChI is InChI=1S/C16H15NO3S/c18-16(19)10-5-3-7-13-14(10)17-15(21-13)12-8-9-4-1-2-6-11(9)20-12/h1-2,4,6,10,12H,3,5,7-8H2,(H,18,19). The molecule has 1 aliphatic heterocycles. The normalized spacial score (nSPS) is 23.2. The first kappa shape index (κ1) is 12.8. The highest BCUT2D eigenvalue weighted by molar-refractivity contribution is 7.11. The van der Waals surface area contributed by atoms with Gasteiger partial charge in [-0.3, -0.25) is 4.79 Å². The lowest BCUT2D eigenvalue weighted by Crippen LogP contribution is -2.17. The van der Waals surface area contributed by atoms with E-state index in [0.29, 0.717) is 6.42 Å². The number of thiazole rings is 1. The second kappa shape index (κ2) is 4.84. The molecule has 1 aliphatic carbocycles. The number of ether oxygens (including phenoxy) is 1. The van der Waals surface area contributed by atoms with Crippen molar-refractivity contribution < 1.29 is 14.6 Å². The number of para-hydroxylation sites is 1. The first-order chi connectivity index (χ1) is 10.2. The second-order valence-electron chi connectivity index (χ2n) is 5.56. The van der Waals surface area contributed by atoms with E-state index in [0.717, 1.165) is 40.6 Å². The van der Waals surface area contributed by atoms with Crippen molar-refractivity contribution >= 4 is 17.3 Å². The average Bonchev–Trinajstić information content (AvgIpc) is 3.09. The highest BCUT2D eigenvalue weighted by Crippen LogP contribution is 2.41. The van der Waals surface area contributed by atoms with Crippen LogP contribution < -0.4 is 4.74 Å². The Morgan fingerprint density at radius 1 is 1.38 bits per heavy atom. The molecule has 0 spiro atoms. The summed E-state index contributed by atoms with van der Waals surface area (Å²) < 4.78 is 5.97. The van der Waals surface area contributed by atoms with E-state index in [1.165, 1.54) is 5.56 Å². The molecule has 2 aliphatic rings. The number of aryl methyl sites for hydroxylation is 1. The molecule has 0 amide bonds. The summed E-state index contributed by atoms with van der Waals surface area (Å²) in [6, 6.07) is 8.03. The minimum atomic E-state index is -0.761. The van der Waals surface area contributed by atoms with Crippen molar-refractivity contribution in [3.05, 3.63) is 45.4 Å². The third-order valence-corrected chi connectivity index (χ3v) is 5.41. The van der Waals surface area contributed by atoms with Crippen LogP contribution in [-0.2, 0) is 17.6 Å². The number of carboxylic acids is 1. The molecule has 0 saturated heterocycles. The van der Waals surface area contributed by atoms with Gasteiger partial charge in [0.2, 0.25) is 0 Å². The fourth-order valence-corrected chi connectivity index (χ4v) is 4.33. The lowest BCUT2D eigenvalue weighted by Gasteiger charge is -2.16. The smallest absolute Gasteiger partial charge is 0.312 e. The van der Waals surface area contributed by atoms with Crippen LogP contribution in [0.1, 0.15) is 46.0 Å². The highest BCUT2D eigenvalue weighted by Gasteiger charge is 2.33. The maximum absolute atomic E-state index is 11.4. The number of carboxylic acid groups (broad SMARTS) is 1. The van der Waals surface area contributed by atoms with Crippen LogP contribution in [0.2, 0.25) is 0 Å². The van der Waals surface area contributed by atoms with E-state index in [-0.39, 0.29) is 6.10 Å². The van der Waals surface area contributed by atoms with Crippen molar-refractivity contribution in [2.45, 2.75) is 37.7 Å². The molecule has 0 saturated carbocycles. The zero-order chi connectivity index (χ0) is 14.4.